The first-order valence-corrected chi connectivity index (χ1v) is 6.88. The highest BCUT2D eigenvalue weighted by Gasteiger charge is 2.17. The Hall–Kier alpha value is -0.830. The number of Topliss-reactive ketones (excluding diaryl/α,β-unsaturated/α-hetero) is 1. The number of alkyl halides is 1. The molecule has 0 saturated carbocycles. The zero-order valence-electron chi connectivity index (χ0n) is 10.8. The van der Waals surface area contributed by atoms with Crippen LogP contribution in [0.4, 0.5) is 0 Å². The molecule has 0 bridgehead atoms. The lowest BCUT2D eigenvalue weighted by atomic mass is 9.85. The molecular weight excluding hydrogens is 280 g/mol. The first-order valence-electron chi connectivity index (χ1n) is 5.76. The molecule has 0 aliphatic rings. The molecule has 17 heavy (non-hydrogen) atoms. The van der Waals surface area contributed by atoms with Crippen molar-refractivity contribution in [2.24, 2.45) is 0 Å². The van der Waals surface area contributed by atoms with Crippen molar-refractivity contribution in [3.05, 3.63) is 29.3 Å². The van der Waals surface area contributed by atoms with Crippen LogP contribution in [0.25, 0.3) is 0 Å². The second-order valence-electron chi connectivity index (χ2n) is 4.99. The Morgan fingerprint density at radius 3 is 2.41 bits per heavy atom. The summed E-state index contributed by atoms with van der Waals surface area (Å²) < 4.78 is 5.51. The van der Waals surface area contributed by atoms with Crippen molar-refractivity contribution in [1.29, 1.82) is 0 Å². The van der Waals surface area contributed by atoms with Gasteiger partial charge in [0.1, 0.15) is 5.75 Å². The average molecular weight is 299 g/mol. The molecular formula is C14H19BrO2. The van der Waals surface area contributed by atoms with Gasteiger partial charge in [0.15, 0.2) is 5.78 Å². The molecule has 0 aliphatic heterocycles. The smallest absolute Gasteiger partial charge is 0.173 e. The third kappa shape index (κ3) is 3.84. The van der Waals surface area contributed by atoms with Gasteiger partial charge >= 0.3 is 0 Å². The van der Waals surface area contributed by atoms with Crippen molar-refractivity contribution >= 4 is 21.7 Å². The second kappa shape index (κ2) is 5.67. The average Bonchev–Trinajstić information content (AvgIpc) is 2.27. The van der Waals surface area contributed by atoms with Gasteiger partial charge in [-0.15, -0.1) is 0 Å². The molecule has 1 aromatic rings. The summed E-state index contributed by atoms with van der Waals surface area (Å²) in [6.07, 6.45) is 0. The summed E-state index contributed by atoms with van der Waals surface area (Å²) in [4.78, 5) is 11.7. The maximum atomic E-state index is 11.7. The van der Waals surface area contributed by atoms with Crippen LogP contribution in [0.1, 0.15) is 43.6 Å². The molecule has 0 aliphatic carbocycles. The highest BCUT2D eigenvalue weighted by molar-refractivity contribution is 9.09. The quantitative estimate of drug-likeness (QED) is 0.621. The van der Waals surface area contributed by atoms with Crippen molar-refractivity contribution in [3.8, 4) is 5.75 Å². The van der Waals surface area contributed by atoms with E-state index in [2.05, 4.69) is 36.7 Å². The van der Waals surface area contributed by atoms with Crippen LogP contribution < -0.4 is 4.74 Å². The third-order valence-electron chi connectivity index (χ3n) is 2.53. The van der Waals surface area contributed by atoms with Gasteiger partial charge in [0.2, 0.25) is 0 Å². The topological polar surface area (TPSA) is 26.3 Å². The Labute approximate surface area is 111 Å². The molecule has 0 unspecified atom stereocenters. The van der Waals surface area contributed by atoms with Gasteiger partial charge in [-0.25, -0.2) is 0 Å². The summed E-state index contributed by atoms with van der Waals surface area (Å²) in [7, 11) is 0. The van der Waals surface area contributed by atoms with E-state index >= 15 is 0 Å². The van der Waals surface area contributed by atoms with E-state index < -0.39 is 0 Å². The van der Waals surface area contributed by atoms with Crippen LogP contribution >= 0.6 is 15.9 Å². The van der Waals surface area contributed by atoms with Gasteiger partial charge in [0, 0.05) is 5.56 Å². The molecule has 3 heteroatoms. The van der Waals surface area contributed by atoms with Crippen LogP contribution in [0.15, 0.2) is 18.2 Å². The largest absolute Gasteiger partial charge is 0.494 e. The van der Waals surface area contributed by atoms with E-state index in [1.54, 1.807) is 0 Å². The van der Waals surface area contributed by atoms with Gasteiger partial charge in [0.25, 0.3) is 0 Å². The van der Waals surface area contributed by atoms with Crippen LogP contribution in [-0.4, -0.2) is 17.7 Å². The Bertz CT molecular complexity index is 405. The summed E-state index contributed by atoms with van der Waals surface area (Å²) in [6, 6.07) is 5.77. The third-order valence-corrected chi connectivity index (χ3v) is 3.04. The van der Waals surface area contributed by atoms with Crippen LogP contribution in [-0.2, 0) is 5.41 Å². The number of halogens is 1. The number of hydrogen-bond donors (Lipinski definition) is 0. The molecule has 0 N–H and O–H groups in total. The minimum atomic E-state index is 0.00839. The minimum absolute atomic E-state index is 0.00839. The zero-order chi connectivity index (χ0) is 13.1. The molecule has 1 rings (SSSR count). The number of rotatable bonds is 4. The van der Waals surface area contributed by atoms with E-state index in [0.717, 1.165) is 11.3 Å². The van der Waals surface area contributed by atoms with Crippen molar-refractivity contribution in [3.63, 3.8) is 0 Å². The van der Waals surface area contributed by atoms with E-state index in [-0.39, 0.29) is 11.2 Å². The van der Waals surface area contributed by atoms with Crippen LogP contribution in [0, 0.1) is 0 Å². The predicted molar refractivity (Wildman–Crippen MR) is 74.4 cm³/mol. The first-order chi connectivity index (χ1) is 7.88. The molecule has 0 heterocycles. The molecule has 2 nitrogen and oxygen atoms in total. The van der Waals surface area contributed by atoms with Gasteiger partial charge in [-0.1, -0.05) is 36.7 Å². The van der Waals surface area contributed by atoms with Gasteiger partial charge in [-0.05, 0) is 36.1 Å². The summed E-state index contributed by atoms with van der Waals surface area (Å²) in [5, 5.41) is 0.339. The Balaban J connectivity index is 3.23. The van der Waals surface area contributed by atoms with Gasteiger partial charge in [-0.3, -0.25) is 4.79 Å². The van der Waals surface area contributed by atoms with Crippen LogP contribution in [0.3, 0.4) is 0 Å². The SMILES string of the molecule is CCOc1cc(C(=O)CBr)cc(C(C)(C)C)c1. The monoisotopic (exact) mass is 298 g/mol. The normalized spacial score (nSPS) is 11.4. The fourth-order valence-corrected chi connectivity index (χ4v) is 1.84. The Morgan fingerprint density at radius 2 is 1.94 bits per heavy atom. The van der Waals surface area contributed by atoms with Crippen LogP contribution in [0.2, 0.25) is 0 Å². The highest BCUT2D eigenvalue weighted by atomic mass is 79.9. The van der Waals surface area contributed by atoms with E-state index in [1.165, 1.54) is 0 Å². The van der Waals surface area contributed by atoms with Gasteiger partial charge in [0.05, 0.1) is 11.9 Å². The number of carbonyl (C=O) groups excluding carboxylic acids is 1. The number of carbonyl (C=O) groups is 1. The molecule has 1 aromatic carbocycles. The molecule has 0 spiro atoms. The standard InChI is InChI=1S/C14H19BrO2/c1-5-17-12-7-10(13(16)9-15)6-11(8-12)14(2,3)4/h6-8H,5,9H2,1-4H3. The molecule has 0 fully saturated rings. The van der Waals surface area contributed by atoms with Crippen molar-refractivity contribution in [1.82, 2.24) is 0 Å². The molecule has 0 radical (unpaired) electrons. The van der Waals surface area contributed by atoms with E-state index in [9.17, 15) is 4.79 Å². The van der Waals surface area contributed by atoms with Crippen molar-refractivity contribution in [2.75, 3.05) is 11.9 Å². The molecule has 0 amide bonds. The minimum Gasteiger partial charge on any atom is -0.494 e. The van der Waals surface area contributed by atoms with E-state index in [1.807, 2.05) is 25.1 Å². The van der Waals surface area contributed by atoms with E-state index in [0.29, 0.717) is 17.5 Å². The summed E-state index contributed by atoms with van der Waals surface area (Å²) in [5.74, 6) is 0.848. The second-order valence-corrected chi connectivity index (χ2v) is 5.55. The van der Waals surface area contributed by atoms with E-state index in [4.69, 9.17) is 4.74 Å². The number of ether oxygens (including phenoxy) is 1. The first kappa shape index (κ1) is 14.2. The molecule has 94 valence electrons. The zero-order valence-corrected chi connectivity index (χ0v) is 12.4. The molecule has 0 atom stereocenters. The maximum absolute atomic E-state index is 11.7. The predicted octanol–water partition coefficient (Wildman–Crippen LogP) is 3.96. The lowest BCUT2D eigenvalue weighted by molar-refractivity contribution is 0.102. The van der Waals surface area contributed by atoms with Gasteiger partial charge < -0.3 is 4.74 Å². The fourth-order valence-electron chi connectivity index (χ4n) is 1.52. The Kier molecular flexibility index (Phi) is 4.75. The Morgan fingerprint density at radius 1 is 1.29 bits per heavy atom. The maximum Gasteiger partial charge on any atom is 0.173 e. The van der Waals surface area contributed by atoms with Crippen molar-refractivity contribution in [2.45, 2.75) is 33.1 Å². The number of hydrogen-bond acceptors (Lipinski definition) is 2. The number of ketones is 1. The lowest BCUT2D eigenvalue weighted by Gasteiger charge is -2.21. The number of benzene rings is 1. The van der Waals surface area contributed by atoms with Gasteiger partial charge in [-0.2, -0.15) is 0 Å². The lowest BCUT2D eigenvalue weighted by Crippen LogP contribution is -2.13. The summed E-state index contributed by atoms with van der Waals surface area (Å²) in [6.45, 7) is 8.92. The van der Waals surface area contributed by atoms with Crippen LogP contribution in [0.5, 0.6) is 5.75 Å². The highest BCUT2D eigenvalue weighted by Crippen LogP contribution is 2.28. The van der Waals surface area contributed by atoms with Crippen molar-refractivity contribution < 1.29 is 9.53 Å². The fraction of sp³-hybridized carbons (Fsp3) is 0.500. The summed E-state index contributed by atoms with van der Waals surface area (Å²) in [5.41, 5.74) is 1.83. The molecule has 0 aromatic heterocycles. The molecule has 0 saturated heterocycles. The summed E-state index contributed by atoms with van der Waals surface area (Å²) >= 11 is 3.20.